The summed E-state index contributed by atoms with van der Waals surface area (Å²) in [5, 5.41) is 9.10. The summed E-state index contributed by atoms with van der Waals surface area (Å²) in [6.45, 7) is 0. The highest BCUT2D eigenvalue weighted by Crippen LogP contribution is 2.19. The summed E-state index contributed by atoms with van der Waals surface area (Å²) in [5.74, 6) is -0.928. The van der Waals surface area contributed by atoms with Gasteiger partial charge in [-0.05, 0) is 41.8 Å². The maximum absolute atomic E-state index is 11.1. The molecule has 0 heterocycles. The Labute approximate surface area is 105 Å². The normalized spacial score (nSPS) is 10.2. The largest absolute Gasteiger partial charge is 0.478 e. The van der Waals surface area contributed by atoms with Crippen molar-refractivity contribution in [2.75, 3.05) is 11.5 Å². The number of rotatable bonds is 3. The van der Waals surface area contributed by atoms with Crippen LogP contribution in [0.2, 0.25) is 0 Å². The molecule has 0 aromatic heterocycles. The van der Waals surface area contributed by atoms with Gasteiger partial charge in [0, 0.05) is 11.4 Å². The Morgan fingerprint density at radius 2 is 1.67 bits per heavy atom. The molecule has 0 atom stereocenters. The van der Waals surface area contributed by atoms with E-state index < -0.39 is 5.97 Å². The number of carboxylic acid groups (broad SMARTS) is 1. The first-order valence-corrected chi connectivity index (χ1v) is 5.52. The van der Waals surface area contributed by atoms with Crippen molar-refractivity contribution in [3.05, 3.63) is 59.2 Å². The molecule has 4 heteroatoms. The number of nitrogens with two attached hydrogens (primary N) is 2. The number of benzene rings is 2. The van der Waals surface area contributed by atoms with E-state index in [-0.39, 0.29) is 0 Å². The highest BCUT2D eigenvalue weighted by atomic mass is 16.4. The number of anilines is 2. The van der Waals surface area contributed by atoms with Gasteiger partial charge in [0.1, 0.15) is 0 Å². The Bertz CT molecular complexity index is 574. The smallest absolute Gasteiger partial charge is 0.335 e. The second-order valence-corrected chi connectivity index (χ2v) is 4.15. The van der Waals surface area contributed by atoms with Gasteiger partial charge in [-0.3, -0.25) is 0 Å². The molecule has 0 amide bonds. The maximum atomic E-state index is 11.1. The maximum Gasteiger partial charge on any atom is 0.335 e. The molecule has 0 bridgehead atoms. The molecule has 0 aliphatic rings. The zero-order chi connectivity index (χ0) is 13.1. The molecule has 0 saturated heterocycles. The van der Waals surface area contributed by atoms with Gasteiger partial charge >= 0.3 is 5.97 Å². The number of carboxylic acids is 1. The van der Waals surface area contributed by atoms with Crippen molar-refractivity contribution in [1.29, 1.82) is 0 Å². The molecule has 0 saturated carbocycles. The summed E-state index contributed by atoms with van der Waals surface area (Å²) in [5.41, 5.74) is 14.5. The van der Waals surface area contributed by atoms with Gasteiger partial charge in [-0.2, -0.15) is 0 Å². The Morgan fingerprint density at radius 1 is 1.06 bits per heavy atom. The number of aromatic carboxylic acids is 1. The first-order chi connectivity index (χ1) is 8.56. The fraction of sp³-hybridized carbons (Fsp3) is 0.0714. The Kier molecular flexibility index (Phi) is 3.19. The Balaban J connectivity index is 2.37. The van der Waals surface area contributed by atoms with Gasteiger partial charge in [-0.1, -0.05) is 18.2 Å². The van der Waals surface area contributed by atoms with Crippen molar-refractivity contribution in [3.8, 4) is 0 Å². The summed E-state index contributed by atoms with van der Waals surface area (Å²) in [4.78, 5) is 11.1. The standard InChI is InChI=1S/C14H14N2O2/c15-11-6-9(7-12(16)8-11)5-10-3-1-2-4-13(10)14(17)18/h1-4,6-8H,5,15-16H2,(H,17,18). The molecule has 0 fully saturated rings. The molecule has 2 rings (SSSR count). The SMILES string of the molecule is Nc1cc(N)cc(Cc2ccccc2C(=O)O)c1. The molecule has 2 aromatic carbocycles. The van der Waals surface area contributed by atoms with Crippen molar-refractivity contribution < 1.29 is 9.90 Å². The number of hydrogen-bond acceptors (Lipinski definition) is 3. The van der Waals surface area contributed by atoms with Crippen molar-refractivity contribution in [1.82, 2.24) is 0 Å². The van der Waals surface area contributed by atoms with E-state index in [9.17, 15) is 4.79 Å². The van der Waals surface area contributed by atoms with Gasteiger partial charge < -0.3 is 16.6 Å². The molecule has 4 nitrogen and oxygen atoms in total. The molecular weight excluding hydrogens is 228 g/mol. The summed E-state index contributed by atoms with van der Waals surface area (Å²) in [7, 11) is 0. The highest BCUT2D eigenvalue weighted by Gasteiger charge is 2.09. The fourth-order valence-electron chi connectivity index (χ4n) is 1.95. The van der Waals surface area contributed by atoms with E-state index in [1.54, 1.807) is 36.4 Å². The molecule has 0 aliphatic carbocycles. The predicted octanol–water partition coefficient (Wildman–Crippen LogP) is 2.14. The third-order valence-corrected chi connectivity index (χ3v) is 2.68. The fourth-order valence-corrected chi connectivity index (χ4v) is 1.95. The van der Waals surface area contributed by atoms with Crippen LogP contribution < -0.4 is 11.5 Å². The molecule has 0 unspecified atom stereocenters. The van der Waals surface area contributed by atoms with Crippen LogP contribution in [0.25, 0.3) is 0 Å². The zero-order valence-electron chi connectivity index (χ0n) is 9.76. The van der Waals surface area contributed by atoms with Gasteiger partial charge in [0.05, 0.1) is 5.56 Å². The lowest BCUT2D eigenvalue weighted by Crippen LogP contribution is -2.03. The highest BCUT2D eigenvalue weighted by molar-refractivity contribution is 5.89. The number of carbonyl (C=O) groups is 1. The van der Waals surface area contributed by atoms with E-state index in [4.69, 9.17) is 16.6 Å². The number of nitrogen functional groups attached to an aromatic ring is 2. The third kappa shape index (κ3) is 2.60. The van der Waals surface area contributed by atoms with E-state index in [1.807, 2.05) is 6.07 Å². The lowest BCUT2D eigenvalue weighted by atomic mass is 9.99. The lowest BCUT2D eigenvalue weighted by Gasteiger charge is -2.07. The molecule has 92 valence electrons. The average molecular weight is 242 g/mol. The molecule has 18 heavy (non-hydrogen) atoms. The van der Waals surface area contributed by atoms with Crippen LogP contribution in [0, 0.1) is 0 Å². The van der Waals surface area contributed by atoms with Gasteiger partial charge in [0.2, 0.25) is 0 Å². The van der Waals surface area contributed by atoms with Crippen LogP contribution in [0.4, 0.5) is 11.4 Å². The zero-order valence-corrected chi connectivity index (χ0v) is 9.76. The minimum atomic E-state index is -0.928. The molecular formula is C14H14N2O2. The van der Waals surface area contributed by atoms with Crippen LogP contribution in [0.5, 0.6) is 0 Å². The van der Waals surface area contributed by atoms with Crippen LogP contribution in [0.1, 0.15) is 21.5 Å². The van der Waals surface area contributed by atoms with E-state index >= 15 is 0 Å². The van der Waals surface area contributed by atoms with Crippen LogP contribution in [0.3, 0.4) is 0 Å². The quantitative estimate of drug-likeness (QED) is 0.719. The summed E-state index contributed by atoms with van der Waals surface area (Å²) < 4.78 is 0. The van der Waals surface area contributed by atoms with Crippen molar-refractivity contribution in [2.45, 2.75) is 6.42 Å². The average Bonchev–Trinajstić information content (AvgIpc) is 2.27. The second kappa shape index (κ2) is 4.79. The minimum absolute atomic E-state index is 0.304. The first-order valence-electron chi connectivity index (χ1n) is 5.52. The molecule has 0 radical (unpaired) electrons. The Hall–Kier alpha value is -2.49. The molecule has 0 aliphatic heterocycles. The topological polar surface area (TPSA) is 89.3 Å². The van der Waals surface area contributed by atoms with Crippen LogP contribution in [0.15, 0.2) is 42.5 Å². The van der Waals surface area contributed by atoms with Gasteiger partial charge in [-0.15, -0.1) is 0 Å². The van der Waals surface area contributed by atoms with Crippen LogP contribution >= 0.6 is 0 Å². The van der Waals surface area contributed by atoms with Gasteiger partial charge in [0.15, 0.2) is 0 Å². The van der Waals surface area contributed by atoms with Crippen molar-refractivity contribution >= 4 is 17.3 Å². The molecule has 0 spiro atoms. The van der Waals surface area contributed by atoms with Crippen LogP contribution in [-0.2, 0) is 6.42 Å². The predicted molar refractivity (Wildman–Crippen MR) is 71.5 cm³/mol. The summed E-state index contributed by atoms with van der Waals surface area (Å²) in [6, 6.07) is 12.2. The third-order valence-electron chi connectivity index (χ3n) is 2.68. The van der Waals surface area contributed by atoms with Crippen LogP contribution in [-0.4, -0.2) is 11.1 Å². The van der Waals surface area contributed by atoms with Crippen molar-refractivity contribution in [2.24, 2.45) is 0 Å². The van der Waals surface area contributed by atoms with Gasteiger partial charge in [0.25, 0.3) is 0 Å². The van der Waals surface area contributed by atoms with Gasteiger partial charge in [-0.25, -0.2) is 4.79 Å². The minimum Gasteiger partial charge on any atom is -0.478 e. The molecule has 2 aromatic rings. The monoisotopic (exact) mass is 242 g/mol. The number of hydrogen-bond donors (Lipinski definition) is 3. The summed E-state index contributed by atoms with van der Waals surface area (Å²) >= 11 is 0. The lowest BCUT2D eigenvalue weighted by molar-refractivity contribution is 0.0696. The van der Waals surface area contributed by atoms with E-state index in [1.165, 1.54) is 0 Å². The van der Waals surface area contributed by atoms with E-state index in [2.05, 4.69) is 0 Å². The Morgan fingerprint density at radius 3 is 2.28 bits per heavy atom. The molecule has 5 N–H and O–H groups in total. The van der Waals surface area contributed by atoms with E-state index in [0.717, 1.165) is 11.1 Å². The van der Waals surface area contributed by atoms with Crippen molar-refractivity contribution in [3.63, 3.8) is 0 Å². The summed E-state index contributed by atoms with van der Waals surface area (Å²) in [6.07, 6.45) is 0.498. The second-order valence-electron chi connectivity index (χ2n) is 4.15. The van der Waals surface area contributed by atoms with E-state index in [0.29, 0.717) is 23.4 Å². The first kappa shape index (κ1) is 12.0.